The van der Waals surface area contributed by atoms with Crippen molar-refractivity contribution in [3.05, 3.63) is 34.7 Å². The topological polar surface area (TPSA) is 46.5 Å². The third-order valence-electron chi connectivity index (χ3n) is 3.81. The Morgan fingerprint density at radius 1 is 1.45 bits per heavy atom. The molecule has 0 aromatic carbocycles. The van der Waals surface area contributed by atoms with Gasteiger partial charge in [-0.25, -0.2) is 0 Å². The molecule has 1 aromatic heterocycles. The van der Waals surface area contributed by atoms with E-state index in [0.717, 1.165) is 39.3 Å². The van der Waals surface area contributed by atoms with Gasteiger partial charge in [0, 0.05) is 51.6 Å². The van der Waals surface area contributed by atoms with Gasteiger partial charge in [-0.15, -0.1) is 0 Å². The number of hydrogen-bond donors (Lipinski definition) is 1. The number of aromatic nitrogens is 1. The van der Waals surface area contributed by atoms with Crippen LogP contribution in [0.1, 0.15) is 12.8 Å². The summed E-state index contributed by atoms with van der Waals surface area (Å²) in [7, 11) is 1.73. The van der Waals surface area contributed by atoms with Crippen molar-refractivity contribution in [3.63, 3.8) is 0 Å². The van der Waals surface area contributed by atoms with Crippen molar-refractivity contribution in [3.8, 4) is 0 Å². The van der Waals surface area contributed by atoms with Crippen LogP contribution in [0.15, 0.2) is 29.2 Å². The molecule has 0 saturated carbocycles. The number of nitrogens with one attached hydrogen (secondary N) is 1. The van der Waals surface area contributed by atoms with Crippen LogP contribution in [0, 0.1) is 0 Å². The molecule has 1 N–H and O–H groups in total. The average molecular weight is 279 g/mol. The summed E-state index contributed by atoms with van der Waals surface area (Å²) in [5.74, 6) is 0. The molecule has 5 heteroatoms. The molecule has 2 heterocycles. The van der Waals surface area contributed by atoms with E-state index in [4.69, 9.17) is 4.74 Å². The van der Waals surface area contributed by atoms with E-state index in [1.807, 2.05) is 12.3 Å². The Kier molecular flexibility index (Phi) is 6.24. The van der Waals surface area contributed by atoms with Crippen LogP contribution >= 0.6 is 0 Å². The highest BCUT2D eigenvalue weighted by molar-refractivity contribution is 4.93. The van der Waals surface area contributed by atoms with Crippen molar-refractivity contribution in [2.24, 2.45) is 0 Å². The summed E-state index contributed by atoms with van der Waals surface area (Å²) < 4.78 is 6.95. The molecule has 1 aliphatic rings. The number of rotatable bonds is 8. The molecule has 1 unspecified atom stereocenters. The first-order chi connectivity index (χ1) is 9.79. The Hall–Kier alpha value is -1.17. The van der Waals surface area contributed by atoms with Crippen molar-refractivity contribution >= 4 is 0 Å². The van der Waals surface area contributed by atoms with Gasteiger partial charge in [0.15, 0.2) is 0 Å². The first-order valence-corrected chi connectivity index (χ1v) is 7.40. The van der Waals surface area contributed by atoms with Crippen LogP contribution in [0.3, 0.4) is 0 Å². The number of pyridine rings is 1. The number of ether oxygens (including phenoxy) is 1. The molecule has 1 atom stereocenters. The molecular weight excluding hydrogens is 254 g/mol. The number of hydrogen-bond acceptors (Lipinski definition) is 4. The minimum Gasteiger partial charge on any atom is -0.383 e. The Morgan fingerprint density at radius 2 is 2.35 bits per heavy atom. The van der Waals surface area contributed by atoms with E-state index in [2.05, 4.69) is 10.2 Å². The summed E-state index contributed by atoms with van der Waals surface area (Å²) >= 11 is 0. The van der Waals surface area contributed by atoms with E-state index in [-0.39, 0.29) is 5.56 Å². The maximum absolute atomic E-state index is 11.7. The van der Waals surface area contributed by atoms with E-state index in [1.54, 1.807) is 23.8 Å². The average Bonchev–Trinajstić information content (AvgIpc) is 2.96. The van der Waals surface area contributed by atoms with E-state index >= 15 is 0 Å². The van der Waals surface area contributed by atoms with E-state index in [0.29, 0.717) is 6.04 Å². The van der Waals surface area contributed by atoms with Crippen LogP contribution in [0.25, 0.3) is 0 Å². The fraction of sp³-hybridized carbons (Fsp3) is 0.667. The second-order valence-electron chi connectivity index (χ2n) is 5.32. The number of methoxy groups -OCH3 is 1. The fourth-order valence-corrected chi connectivity index (χ4v) is 2.63. The summed E-state index contributed by atoms with van der Waals surface area (Å²) in [6.07, 6.45) is 4.36. The third kappa shape index (κ3) is 4.74. The van der Waals surface area contributed by atoms with Gasteiger partial charge in [-0.2, -0.15) is 0 Å². The summed E-state index contributed by atoms with van der Waals surface area (Å²) in [5.41, 5.74) is 0.0678. The minimum atomic E-state index is 0.0678. The molecular formula is C15H25N3O2. The monoisotopic (exact) mass is 279 g/mol. The molecule has 20 heavy (non-hydrogen) atoms. The molecule has 1 saturated heterocycles. The minimum absolute atomic E-state index is 0.0678. The van der Waals surface area contributed by atoms with E-state index < -0.39 is 0 Å². The SMILES string of the molecule is COCCN(CCn1ccccc1=O)CC1CCCN1. The molecule has 1 fully saturated rings. The maximum Gasteiger partial charge on any atom is 0.250 e. The second-order valence-corrected chi connectivity index (χ2v) is 5.32. The molecule has 112 valence electrons. The highest BCUT2D eigenvalue weighted by Gasteiger charge is 2.17. The lowest BCUT2D eigenvalue weighted by Crippen LogP contribution is -2.41. The van der Waals surface area contributed by atoms with Crippen molar-refractivity contribution < 1.29 is 4.74 Å². The highest BCUT2D eigenvalue weighted by atomic mass is 16.5. The summed E-state index contributed by atoms with van der Waals surface area (Å²) in [4.78, 5) is 14.1. The Morgan fingerprint density at radius 3 is 3.05 bits per heavy atom. The fourth-order valence-electron chi connectivity index (χ4n) is 2.63. The van der Waals surface area contributed by atoms with Crippen molar-refractivity contribution in [1.29, 1.82) is 0 Å². The zero-order valence-corrected chi connectivity index (χ0v) is 12.3. The predicted octanol–water partition coefficient (Wildman–Crippen LogP) is 0.549. The maximum atomic E-state index is 11.7. The normalized spacial score (nSPS) is 18.8. The van der Waals surface area contributed by atoms with Crippen LogP contribution in [-0.2, 0) is 11.3 Å². The number of nitrogens with zero attached hydrogens (tertiary/aromatic N) is 2. The molecule has 0 aliphatic carbocycles. The quantitative estimate of drug-likeness (QED) is 0.755. The first-order valence-electron chi connectivity index (χ1n) is 7.40. The smallest absolute Gasteiger partial charge is 0.250 e. The van der Waals surface area contributed by atoms with Gasteiger partial charge in [0.1, 0.15) is 0 Å². The van der Waals surface area contributed by atoms with Gasteiger partial charge in [-0.1, -0.05) is 6.07 Å². The summed E-state index contributed by atoms with van der Waals surface area (Å²) in [6.45, 7) is 5.42. The molecule has 0 bridgehead atoms. The molecule has 2 rings (SSSR count). The summed E-state index contributed by atoms with van der Waals surface area (Å²) in [6, 6.07) is 5.88. The molecule has 1 aromatic rings. The van der Waals surface area contributed by atoms with Crippen LogP contribution in [0.2, 0.25) is 0 Å². The van der Waals surface area contributed by atoms with Crippen molar-refractivity contribution in [2.75, 3.05) is 39.9 Å². The second kappa shape index (κ2) is 8.19. The van der Waals surface area contributed by atoms with Crippen molar-refractivity contribution in [2.45, 2.75) is 25.4 Å². The Labute approximate surface area is 120 Å². The zero-order chi connectivity index (χ0) is 14.2. The van der Waals surface area contributed by atoms with E-state index in [1.165, 1.54) is 12.8 Å². The molecule has 0 amide bonds. The van der Waals surface area contributed by atoms with E-state index in [9.17, 15) is 4.79 Å². The zero-order valence-electron chi connectivity index (χ0n) is 12.3. The van der Waals surface area contributed by atoms with Crippen molar-refractivity contribution in [1.82, 2.24) is 14.8 Å². The third-order valence-corrected chi connectivity index (χ3v) is 3.81. The first kappa shape index (κ1) is 15.2. The van der Waals surface area contributed by atoms with Gasteiger partial charge < -0.3 is 14.6 Å². The largest absolute Gasteiger partial charge is 0.383 e. The van der Waals surface area contributed by atoms with Gasteiger partial charge in [0.05, 0.1) is 6.61 Å². The lowest BCUT2D eigenvalue weighted by molar-refractivity contribution is 0.139. The molecule has 0 spiro atoms. The highest BCUT2D eigenvalue weighted by Crippen LogP contribution is 2.07. The lowest BCUT2D eigenvalue weighted by atomic mass is 10.2. The van der Waals surface area contributed by atoms with Gasteiger partial charge >= 0.3 is 0 Å². The van der Waals surface area contributed by atoms with Crippen LogP contribution < -0.4 is 10.9 Å². The van der Waals surface area contributed by atoms with Gasteiger partial charge in [0.25, 0.3) is 5.56 Å². The standard InChI is InChI=1S/C15H25N3O2/c1-20-12-11-17(13-14-5-4-7-16-14)9-10-18-8-3-2-6-15(18)19/h2-3,6,8,14,16H,4-5,7,9-13H2,1H3. The van der Waals surface area contributed by atoms with Gasteiger partial charge in [0.2, 0.25) is 0 Å². The van der Waals surface area contributed by atoms with Gasteiger partial charge in [-0.3, -0.25) is 9.69 Å². The molecule has 1 aliphatic heterocycles. The van der Waals surface area contributed by atoms with Crippen LogP contribution in [-0.4, -0.2) is 55.4 Å². The van der Waals surface area contributed by atoms with Crippen LogP contribution in [0.5, 0.6) is 0 Å². The van der Waals surface area contributed by atoms with Gasteiger partial charge in [-0.05, 0) is 25.5 Å². The molecule has 0 radical (unpaired) electrons. The molecule has 5 nitrogen and oxygen atoms in total. The summed E-state index contributed by atoms with van der Waals surface area (Å²) in [5, 5.41) is 3.52. The lowest BCUT2D eigenvalue weighted by Gasteiger charge is -2.25. The predicted molar refractivity (Wildman–Crippen MR) is 80.0 cm³/mol. The Balaban J connectivity index is 1.86. The van der Waals surface area contributed by atoms with Crippen LogP contribution in [0.4, 0.5) is 0 Å². The Bertz CT molecular complexity index is 441.